The quantitative estimate of drug-likeness (QED) is 0.743. The van der Waals surface area contributed by atoms with Crippen LogP contribution in [0.4, 0.5) is 10.1 Å². The molecule has 0 spiro atoms. The molecule has 0 atom stereocenters. The van der Waals surface area contributed by atoms with E-state index in [1.807, 2.05) is 19.1 Å². The number of aryl methyl sites for hydroxylation is 1. The van der Waals surface area contributed by atoms with E-state index in [4.69, 9.17) is 5.73 Å². The Kier molecular flexibility index (Phi) is 3.35. The minimum atomic E-state index is -0.256. The zero-order valence-electron chi connectivity index (χ0n) is 10.6. The molecule has 0 bridgehead atoms. The Bertz CT molecular complexity index is 779. The maximum Gasteiger partial charge on any atom is 0.126 e. The van der Waals surface area contributed by atoms with Gasteiger partial charge in [-0.15, -0.1) is 11.3 Å². The molecule has 2 heterocycles. The zero-order chi connectivity index (χ0) is 14.3. The molecule has 0 aliphatic rings. The third-order valence-corrected chi connectivity index (χ3v) is 4.59. The number of thiophene rings is 1. The molecule has 2 aromatic heterocycles. The van der Waals surface area contributed by atoms with Crippen LogP contribution >= 0.6 is 27.3 Å². The molecule has 102 valence electrons. The molecule has 3 rings (SSSR count). The highest BCUT2D eigenvalue weighted by atomic mass is 79.9. The normalized spacial score (nSPS) is 10.9. The van der Waals surface area contributed by atoms with Crippen molar-refractivity contribution in [1.82, 2.24) is 9.78 Å². The molecule has 3 aromatic rings. The van der Waals surface area contributed by atoms with Crippen molar-refractivity contribution >= 4 is 33.0 Å². The molecule has 0 aliphatic heterocycles. The highest BCUT2D eigenvalue weighted by Crippen LogP contribution is 2.34. The lowest BCUT2D eigenvalue weighted by molar-refractivity contribution is 0.625. The van der Waals surface area contributed by atoms with Crippen LogP contribution in [0.2, 0.25) is 0 Å². The van der Waals surface area contributed by atoms with Crippen molar-refractivity contribution in [2.45, 2.75) is 6.92 Å². The standard InChI is InChI=1S/C14H11BrFN3S/c1-8-6-9(16)2-3-11(8)19-7-10(17)14(18-19)12-4-5-13(15)20-12/h2-7H,17H2,1H3. The number of hydrogen-bond acceptors (Lipinski definition) is 3. The van der Waals surface area contributed by atoms with E-state index in [0.29, 0.717) is 5.69 Å². The van der Waals surface area contributed by atoms with Gasteiger partial charge in [-0.1, -0.05) is 0 Å². The smallest absolute Gasteiger partial charge is 0.126 e. The summed E-state index contributed by atoms with van der Waals surface area (Å²) < 4.78 is 15.9. The first-order valence-corrected chi connectivity index (χ1v) is 7.53. The summed E-state index contributed by atoms with van der Waals surface area (Å²) in [6.07, 6.45) is 1.75. The average Bonchev–Trinajstić information content (AvgIpc) is 2.95. The number of nitrogens with two attached hydrogens (primary N) is 1. The molecule has 20 heavy (non-hydrogen) atoms. The van der Waals surface area contributed by atoms with Crippen LogP contribution in [0.3, 0.4) is 0 Å². The van der Waals surface area contributed by atoms with E-state index >= 15 is 0 Å². The molecule has 0 saturated heterocycles. The molecule has 6 heteroatoms. The molecule has 1 aromatic carbocycles. The molecule has 0 fully saturated rings. The topological polar surface area (TPSA) is 43.8 Å². The summed E-state index contributed by atoms with van der Waals surface area (Å²) in [5.41, 5.74) is 9.01. The van der Waals surface area contributed by atoms with E-state index in [0.717, 1.165) is 25.6 Å². The van der Waals surface area contributed by atoms with Crippen molar-refractivity contribution in [2.24, 2.45) is 0 Å². The number of nitrogen functional groups attached to an aromatic ring is 1. The highest BCUT2D eigenvalue weighted by molar-refractivity contribution is 9.11. The second-order valence-electron chi connectivity index (χ2n) is 4.41. The van der Waals surface area contributed by atoms with Gasteiger partial charge in [-0.05, 0) is 58.7 Å². The monoisotopic (exact) mass is 351 g/mol. The Balaban J connectivity index is 2.08. The van der Waals surface area contributed by atoms with Gasteiger partial charge in [0.05, 0.1) is 26.2 Å². The van der Waals surface area contributed by atoms with Gasteiger partial charge < -0.3 is 5.73 Å². The SMILES string of the molecule is Cc1cc(F)ccc1-n1cc(N)c(-c2ccc(Br)s2)n1. The van der Waals surface area contributed by atoms with Gasteiger partial charge in [0, 0.05) is 0 Å². The summed E-state index contributed by atoms with van der Waals surface area (Å²) in [6.45, 7) is 1.84. The predicted molar refractivity (Wildman–Crippen MR) is 83.7 cm³/mol. The fourth-order valence-corrected chi connectivity index (χ4v) is 3.41. The first-order valence-electron chi connectivity index (χ1n) is 5.92. The average molecular weight is 352 g/mol. The zero-order valence-corrected chi connectivity index (χ0v) is 13.0. The van der Waals surface area contributed by atoms with Crippen LogP contribution in [0.5, 0.6) is 0 Å². The lowest BCUT2D eigenvalue weighted by Crippen LogP contribution is -1.98. The third kappa shape index (κ3) is 2.36. The number of hydrogen-bond donors (Lipinski definition) is 1. The predicted octanol–water partition coefficient (Wildman–Crippen LogP) is 4.39. The highest BCUT2D eigenvalue weighted by Gasteiger charge is 2.13. The van der Waals surface area contributed by atoms with Crippen LogP contribution in [0.1, 0.15) is 5.56 Å². The maximum absolute atomic E-state index is 13.2. The van der Waals surface area contributed by atoms with E-state index in [9.17, 15) is 4.39 Å². The minimum absolute atomic E-state index is 0.256. The number of halogens is 2. The minimum Gasteiger partial charge on any atom is -0.396 e. The number of anilines is 1. The number of rotatable bonds is 2. The Morgan fingerprint density at radius 1 is 1.30 bits per heavy atom. The van der Waals surface area contributed by atoms with Gasteiger partial charge in [0.1, 0.15) is 11.5 Å². The first kappa shape index (κ1) is 13.3. The van der Waals surface area contributed by atoms with Crippen molar-refractivity contribution in [3.05, 3.63) is 51.7 Å². The summed E-state index contributed by atoms with van der Waals surface area (Å²) >= 11 is 5.00. The van der Waals surface area contributed by atoms with E-state index < -0.39 is 0 Å². The van der Waals surface area contributed by atoms with Gasteiger partial charge >= 0.3 is 0 Å². The largest absolute Gasteiger partial charge is 0.396 e. The van der Waals surface area contributed by atoms with Crippen LogP contribution in [0.15, 0.2) is 40.3 Å². The molecule has 0 aliphatic carbocycles. The van der Waals surface area contributed by atoms with Gasteiger partial charge in [0.25, 0.3) is 0 Å². The molecular weight excluding hydrogens is 341 g/mol. The van der Waals surface area contributed by atoms with Crippen LogP contribution < -0.4 is 5.73 Å². The summed E-state index contributed by atoms with van der Waals surface area (Å²) in [4.78, 5) is 0.993. The fourth-order valence-electron chi connectivity index (χ4n) is 2.02. The Labute approximate surface area is 128 Å². The number of benzene rings is 1. The van der Waals surface area contributed by atoms with Crippen molar-refractivity contribution in [2.75, 3.05) is 5.73 Å². The second-order valence-corrected chi connectivity index (χ2v) is 6.88. The van der Waals surface area contributed by atoms with Crippen molar-refractivity contribution in [3.63, 3.8) is 0 Å². The Morgan fingerprint density at radius 3 is 2.75 bits per heavy atom. The maximum atomic E-state index is 13.2. The number of aromatic nitrogens is 2. The third-order valence-electron chi connectivity index (χ3n) is 2.95. The summed E-state index contributed by atoms with van der Waals surface area (Å²) in [6, 6.07) is 8.53. The lowest BCUT2D eigenvalue weighted by Gasteiger charge is -2.05. The Hall–Kier alpha value is -1.66. The summed E-state index contributed by atoms with van der Waals surface area (Å²) in [5, 5.41) is 4.51. The van der Waals surface area contributed by atoms with Gasteiger partial charge in [-0.3, -0.25) is 0 Å². The van der Waals surface area contributed by atoms with E-state index in [1.165, 1.54) is 12.1 Å². The molecule has 3 nitrogen and oxygen atoms in total. The molecule has 0 amide bonds. The van der Waals surface area contributed by atoms with E-state index in [-0.39, 0.29) is 5.82 Å². The van der Waals surface area contributed by atoms with Crippen LogP contribution in [-0.2, 0) is 0 Å². The van der Waals surface area contributed by atoms with Crippen molar-refractivity contribution < 1.29 is 4.39 Å². The first-order chi connectivity index (χ1) is 9.54. The van der Waals surface area contributed by atoms with Gasteiger partial charge in [-0.2, -0.15) is 5.10 Å². The summed E-state index contributed by atoms with van der Waals surface area (Å²) in [5.74, 6) is -0.256. The van der Waals surface area contributed by atoms with Crippen molar-refractivity contribution in [3.8, 4) is 16.3 Å². The Morgan fingerprint density at radius 2 is 2.10 bits per heavy atom. The van der Waals surface area contributed by atoms with Crippen LogP contribution in [-0.4, -0.2) is 9.78 Å². The molecule has 2 N–H and O–H groups in total. The molecular formula is C14H11BrFN3S. The second kappa shape index (κ2) is 5.03. The van der Waals surface area contributed by atoms with Crippen LogP contribution in [0.25, 0.3) is 16.3 Å². The van der Waals surface area contributed by atoms with Gasteiger partial charge in [0.15, 0.2) is 0 Å². The molecule has 0 radical (unpaired) electrons. The summed E-state index contributed by atoms with van der Waals surface area (Å²) in [7, 11) is 0. The van der Waals surface area contributed by atoms with Gasteiger partial charge in [-0.25, -0.2) is 9.07 Å². The van der Waals surface area contributed by atoms with Gasteiger partial charge in [0.2, 0.25) is 0 Å². The van der Waals surface area contributed by atoms with E-state index in [1.54, 1.807) is 28.3 Å². The molecule has 0 unspecified atom stereocenters. The number of nitrogens with zero attached hydrogens (tertiary/aromatic N) is 2. The van der Waals surface area contributed by atoms with E-state index in [2.05, 4.69) is 21.0 Å². The molecule has 0 saturated carbocycles. The van der Waals surface area contributed by atoms with Crippen LogP contribution in [0, 0.1) is 12.7 Å². The van der Waals surface area contributed by atoms with Crippen molar-refractivity contribution in [1.29, 1.82) is 0 Å². The lowest BCUT2D eigenvalue weighted by atomic mass is 10.2. The fraction of sp³-hybridized carbons (Fsp3) is 0.0714.